The molecule has 9 nitrogen and oxygen atoms in total. The SMILES string of the molecule is Cc1nn(-c2ccc(F)cc2)c(C)c1C(=O)Nc1cnc2c(c1)c(=O)n(C)c(=O)n2C. The van der Waals surface area contributed by atoms with E-state index in [9.17, 15) is 18.8 Å². The van der Waals surface area contributed by atoms with Crippen molar-refractivity contribution in [1.29, 1.82) is 0 Å². The molecule has 3 heterocycles. The molecular formula is C21H19FN6O3. The molecule has 0 fully saturated rings. The third-order valence-electron chi connectivity index (χ3n) is 5.14. The first-order valence-electron chi connectivity index (χ1n) is 9.38. The zero-order valence-corrected chi connectivity index (χ0v) is 17.3. The molecule has 0 radical (unpaired) electrons. The summed E-state index contributed by atoms with van der Waals surface area (Å²) in [5, 5.41) is 7.34. The molecule has 0 aliphatic carbocycles. The molecule has 0 unspecified atom stereocenters. The highest BCUT2D eigenvalue weighted by molar-refractivity contribution is 6.06. The lowest BCUT2D eigenvalue weighted by Crippen LogP contribution is -2.37. The first kappa shape index (κ1) is 20.2. The number of pyridine rings is 1. The van der Waals surface area contributed by atoms with Gasteiger partial charge in [0.2, 0.25) is 0 Å². The summed E-state index contributed by atoms with van der Waals surface area (Å²) in [5.74, 6) is -0.790. The summed E-state index contributed by atoms with van der Waals surface area (Å²) in [6.45, 7) is 3.44. The fraction of sp³-hybridized carbons (Fsp3) is 0.190. The Morgan fingerprint density at radius 2 is 1.74 bits per heavy atom. The quantitative estimate of drug-likeness (QED) is 0.543. The number of carbonyl (C=O) groups is 1. The number of carbonyl (C=O) groups excluding carboxylic acids is 1. The summed E-state index contributed by atoms with van der Waals surface area (Å²) >= 11 is 0. The summed E-state index contributed by atoms with van der Waals surface area (Å²) < 4.78 is 17.0. The fourth-order valence-corrected chi connectivity index (χ4v) is 3.53. The average Bonchev–Trinajstić information content (AvgIpc) is 3.05. The van der Waals surface area contributed by atoms with Crippen LogP contribution in [0.15, 0.2) is 46.1 Å². The first-order valence-corrected chi connectivity index (χ1v) is 9.38. The van der Waals surface area contributed by atoms with Gasteiger partial charge in [-0.3, -0.25) is 18.7 Å². The number of hydrogen-bond donors (Lipinski definition) is 1. The van der Waals surface area contributed by atoms with Gasteiger partial charge in [0.25, 0.3) is 11.5 Å². The maximum atomic E-state index is 13.2. The lowest BCUT2D eigenvalue weighted by molar-refractivity contribution is 0.102. The van der Waals surface area contributed by atoms with Gasteiger partial charge in [0.1, 0.15) is 11.5 Å². The average molecular weight is 422 g/mol. The molecule has 31 heavy (non-hydrogen) atoms. The lowest BCUT2D eigenvalue weighted by Gasteiger charge is -2.09. The molecule has 158 valence electrons. The maximum absolute atomic E-state index is 13.2. The van der Waals surface area contributed by atoms with E-state index in [4.69, 9.17) is 0 Å². The summed E-state index contributed by atoms with van der Waals surface area (Å²) in [7, 11) is 2.90. The third kappa shape index (κ3) is 3.31. The number of aryl methyl sites for hydroxylation is 2. The van der Waals surface area contributed by atoms with Gasteiger partial charge in [0.15, 0.2) is 0 Å². The molecule has 1 amide bonds. The van der Waals surface area contributed by atoms with Crippen molar-refractivity contribution in [1.82, 2.24) is 23.9 Å². The summed E-state index contributed by atoms with van der Waals surface area (Å²) in [5.41, 5.74) is 1.60. The molecule has 0 saturated carbocycles. The number of halogens is 1. The van der Waals surface area contributed by atoms with E-state index < -0.39 is 17.2 Å². The van der Waals surface area contributed by atoms with Crippen molar-refractivity contribution in [2.45, 2.75) is 13.8 Å². The Morgan fingerprint density at radius 3 is 2.42 bits per heavy atom. The highest BCUT2D eigenvalue weighted by Gasteiger charge is 2.20. The van der Waals surface area contributed by atoms with E-state index in [1.54, 1.807) is 30.7 Å². The molecule has 0 saturated heterocycles. The standard InChI is InChI=1S/C21H19FN6O3/c1-11-17(12(2)28(25-11)15-7-5-13(22)6-8-15)19(29)24-14-9-16-18(23-10-14)26(3)21(31)27(4)20(16)30/h5-10H,1-4H3,(H,24,29). The number of hydrogen-bond acceptors (Lipinski definition) is 5. The number of anilines is 1. The molecule has 4 aromatic rings. The van der Waals surface area contributed by atoms with Crippen molar-refractivity contribution in [3.63, 3.8) is 0 Å². The largest absolute Gasteiger partial charge is 0.332 e. The van der Waals surface area contributed by atoms with Crippen LogP contribution in [0.3, 0.4) is 0 Å². The van der Waals surface area contributed by atoms with Crippen LogP contribution in [-0.2, 0) is 14.1 Å². The molecule has 1 N–H and O–H groups in total. The zero-order valence-electron chi connectivity index (χ0n) is 17.3. The van der Waals surface area contributed by atoms with Crippen molar-refractivity contribution in [3.8, 4) is 5.69 Å². The van der Waals surface area contributed by atoms with Crippen LogP contribution in [0.4, 0.5) is 10.1 Å². The number of aromatic nitrogens is 5. The number of nitrogens with zero attached hydrogens (tertiary/aromatic N) is 5. The van der Waals surface area contributed by atoms with E-state index in [1.807, 2.05) is 0 Å². The van der Waals surface area contributed by atoms with Crippen LogP contribution in [0.2, 0.25) is 0 Å². The summed E-state index contributed by atoms with van der Waals surface area (Å²) in [6.07, 6.45) is 1.38. The van der Waals surface area contributed by atoms with E-state index in [2.05, 4.69) is 15.4 Å². The predicted molar refractivity (Wildman–Crippen MR) is 113 cm³/mol. The van der Waals surface area contributed by atoms with Gasteiger partial charge in [-0.25, -0.2) is 18.9 Å². The van der Waals surface area contributed by atoms with Crippen molar-refractivity contribution >= 4 is 22.6 Å². The second-order valence-corrected chi connectivity index (χ2v) is 7.19. The van der Waals surface area contributed by atoms with Crippen LogP contribution >= 0.6 is 0 Å². The van der Waals surface area contributed by atoms with Crippen LogP contribution in [-0.4, -0.2) is 29.8 Å². The van der Waals surface area contributed by atoms with Crippen LogP contribution in [0.25, 0.3) is 16.7 Å². The third-order valence-corrected chi connectivity index (χ3v) is 5.14. The normalized spacial score (nSPS) is 11.1. The van der Waals surface area contributed by atoms with Gasteiger partial charge >= 0.3 is 5.69 Å². The molecule has 0 bridgehead atoms. The molecule has 0 spiro atoms. The second-order valence-electron chi connectivity index (χ2n) is 7.19. The van der Waals surface area contributed by atoms with Gasteiger partial charge in [-0.2, -0.15) is 5.10 Å². The van der Waals surface area contributed by atoms with Gasteiger partial charge in [0, 0.05) is 14.1 Å². The Bertz CT molecular complexity index is 1460. The fourth-order valence-electron chi connectivity index (χ4n) is 3.53. The van der Waals surface area contributed by atoms with Gasteiger partial charge in [-0.1, -0.05) is 0 Å². The number of benzene rings is 1. The van der Waals surface area contributed by atoms with Crippen molar-refractivity contribution in [2.75, 3.05) is 5.32 Å². The first-order chi connectivity index (χ1) is 14.7. The minimum atomic E-state index is -0.502. The molecule has 1 aromatic carbocycles. The van der Waals surface area contributed by atoms with Gasteiger partial charge < -0.3 is 5.32 Å². The minimum absolute atomic E-state index is 0.206. The van der Waals surface area contributed by atoms with Gasteiger partial charge in [-0.05, 0) is 44.2 Å². The molecule has 0 atom stereocenters. The Kier molecular flexibility index (Phi) is 4.77. The second kappa shape index (κ2) is 7.31. The highest BCUT2D eigenvalue weighted by Crippen LogP contribution is 2.20. The molecule has 4 rings (SSSR count). The summed E-state index contributed by atoms with van der Waals surface area (Å²) in [6, 6.07) is 7.27. The monoisotopic (exact) mass is 422 g/mol. The Balaban J connectivity index is 1.72. The van der Waals surface area contributed by atoms with Crippen molar-refractivity contribution < 1.29 is 9.18 Å². The van der Waals surface area contributed by atoms with E-state index in [0.29, 0.717) is 28.3 Å². The van der Waals surface area contributed by atoms with Crippen molar-refractivity contribution in [3.05, 3.63) is 80.1 Å². The number of rotatable bonds is 3. The Hall–Kier alpha value is -4.08. The van der Waals surface area contributed by atoms with Crippen LogP contribution in [0, 0.1) is 19.7 Å². The van der Waals surface area contributed by atoms with Crippen LogP contribution in [0.1, 0.15) is 21.7 Å². The molecule has 0 aliphatic rings. The minimum Gasteiger partial charge on any atom is -0.320 e. The van der Waals surface area contributed by atoms with Crippen LogP contribution < -0.4 is 16.6 Å². The molecular weight excluding hydrogens is 403 g/mol. The number of amides is 1. The predicted octanol–water partition coefficient (Wildman–Crippen LogP) is 1.83. The van der Waals surface area contributed by atoms with Gasteiger partial charge in [-0.15, -0.1) is 0 Å². The number of fused-ring (bicyclic) bond motifs is 1. The summed E-state index contributed by atoms with van der Waals surface area (Å²) in [4.78, 5) is 41.7. The highest BCUT2D eigenvalue weighted by atomic mass is 19.1. The van der Waals surface area contributed by atoms with Crippen LogP contribution in [0.5, 0.6) is 0 Å². The maximum Gasteiger partial charge on any atom is 0.332 e. The molecule has 3 aromatic heterocycles. The molecule has 0 aliphatic heterocycles. The van der Waals surface area contributed by atoms with Crippen molar-refractivity contribution in [2.24, 2.45) is 14.1 Å². The van der Waals surface area contributed by atoms with E-state index >= 15 is 0 Å². The van der Waals surface area contributed by atoms with E-state index in [-0.39, 0.29) is 16.9 Å². The Labute approximate surface area is 175 Å². The zero-order chi connectivity index (χ0) is 22.4. The lowest BCUT2D eigenvalue weighted by atomic mass is 10.1. The smallest absolute Gasteiger partial charge is 0.320 e. The topological polar surface area (TPSA) is 104 Å². The number of nitrogens with one attached hydrogen (secondary N) is 1. The van der Waals surface area contributed by atoms with E-state index in [1.165, 1.54) is 43.1 Å². The van der Waals surface area contributed by atoms with Gasteiger partial charge in [0.05, 0.1) is 39.9 Å². The van der Waals surface area contributed by atoms with E-state index in [0.717, 1.165) is 4.57 Å². The molecule has 10 heteroatoms. The Morgan fingerprint density at radius 1 is 1.06 bits per heavy atom.